The zero-order chi connectivity index (χ0) is 11.1. The highest BCUT2D eigenvalue weighted by Crippen LogP contribution is 2.34. The van der Waals surface area contributed by atoms with Crippen molar-refractivity contribution >= 4 is 5.95 Å². The molecule has 1 saturated heterocycles. The van der Waals surface area contributed by atoms with Crippen LogP contribution in [-0.2, 0) is 4.74 Å². The molecular weight excluding hydrogens is 202 g/mol. The Bertz CT molecular complexity index is 388. The van der Waals surface area contributed by atoms with E-state index in [0.29, 0.717) is 18.2 Å². The maximum absolute atomic E-state index is 5.99. The Balaban J connectivity index is 1.86. The summed E-state index contributed by atoms with van der Waals surface area (Å²) < 4.78 is 8.26. The molecule has 0 amide bonds. The van der Waals surface area contributed by atoms with E-state index in [1.165, 1.54) is 12.8 Å². The molecule has 2 aliphatic heterocycles. The van der Waals surface area contributed by atoms with E-state index in [1.807, 2.05) is 6.92 Å². The number of hydrogen-bond acceptors (Lipinski definition) is 3. The summed E-state index contributed by atoms with van der Waals surface area (Å²) in [6, 6.07) is 0.474. The Labute approximate surface area is 96.0 Å². The molecule has 2 aliphatic rings. The van der Waals surface area contributed by atoms with Crippen molar-refractivity contribution in [3.63, 3.8) is 0 Å². The van der Waals surface area contributed by atoms with Gasteiger partial charge in [0.2, 0.25) is 5.95 Å². The van der Waals surface area contributed by atoms with Crippen molar-refractivity contribution in [3.8, 4) is 0 Å². The van der Waals surface area contributed by atoms with Crippen molar-refractivity contribution < 1.29 is 4.74 Å². The van der Waals surface area contributed by atoms with Gasteiger partial charge in [0, 0.05) is 12.7 Å². The number of hydrogen-bond donors (Lipinski definition) is 1. The summed E-state index contributed by atoms with van der Waals surface area (Å²) in [5, 5.41) is 3.34. The first-order valence-corrected chi connectivity index (χ1v) is 6.19. The number of nitrogens with zero attached hydrogens (tertiary/aromatic N) is 2. The van der Waals surface area contributed by atoms with Gasteiger partial charge in [0.1, 0.15) is 0 Å². The van der Waals surface area contributed by atoms with E-state index in [9.17, 15) is 0 Å². The van der Waals surface area contributed by atoms with Crippen LogP contribution in [0.15, 0.2) is 6.20 Å². The summed E-state index contributed by atoms with van der Waals surface area (Å²) in [6.07, 6.45) is 6.45. The van der Waals surface area contributed by atoms with Gasteiger partial charge < -0.3 is 14.6 Å². The van der Waals surface area contributed by atoms with Crippen LogP contribution in [0.2, 0.25) is 0 Å². The molecule has 88 valence electrons. The monoisotopic (exact) mass is 221 g/mol. The minimum absolute atomic E-state index is 0.379. The first-order valence-electron chi connectivity index (χ1n) is 6.19. The SMILES string of the molecule is Cc1cn2c(n1)NCCC2C1CCC(C)O1. The van der Waals surface area contributed by atoms with E-state index in [0.717, 1.165) is 24.6 Å². The van der Waals surface area contributed by atoms with Crippen molar-refractivity contribution in [3.05, 3.63) is 11.9 Å². The predicted molar refractivity (Wildman–Crippen MR) is 62.7 cm³/mol. The summed E-state index contributed by atoms with van der Waals surface area (Å²) in [4.78, 5) is 4.49. The van der Waals surface area contributed by atoms with Gasteiger partial charge in [-0.2, -0.15) is 0 Å². The molecule has 4 nitrogen and oxygen atoms in total. The van der Waals surface area contributed by atoms with Gasteiger partial charge in [-0.25, -0.2) is 4.98 Å². The Morgan fingerprint density at radius 1 is 1.44 bits per heavy atom. The van der Waals surface area contributed by atoms with Crippen LogP contribution in [0.5, 0.6) is 0 Å². The Hall–Kier alpha value is -1.03. The molecule has 1 aromatic rings. The number of rotatable bonds is 1. The van der Waals surface area contributed by atoms with E-state index in [1.54, 1.807) is 0 Å². The van der Waals surface area contributed by atoms with Crippen LogP contribution in [0.4, 0.5) is 5.95 Å². The molecule has 0 radical (unpaired) electrons. The van der Waals surface area contributed by atoms with Gasteiger partial charge in [-0.3, -0.25) is 0 Å². The van der Waals surface area contributed by atoms with Crippen LogP contribution in [0.3, 0.4) is 0 Å². The van der Waals surface area contributed by atoms with E-state index in [-0.39, 0.29) is 0 Å². The van der Waals surface area contributed by atoms with Crippen LogP contribution in [0, 0.1) is 6.92 Å². The minimum Gasteiger partial charge on any atom is -0.373 e. The first-order chi connectivity index (χ1) is 7.74. The fraction of sp³-hybridized carbons (Fsp3) is 0.750. The molecule has 3 atom stereocenters. The number of aryl methyl sites for hydroxylation is 1. The van der Waals surface area contributed by atoms with Gasteiger partial charge in [-0.05, 0) is 33.1 Å². The molecule has 3 heterocycles. The maximum Gasteiger partial charge on any atom is 0.203 e. The maximum atomic E-state index is 5.99. The fourth-order valence-electron chi connectivity index (χ4n) is 2.85. The van der Waals surface area contributed by atoms with Crippen LogP contribution in [-0.4, -0.2) is 28.3 Å². The molecule has 0 aliphatic carbocycles. The van der Waals surface area contributed by atoms with Crippen molar-refractivity contribution in [1.29, 1.82) is 0 Å². The van der Waals surface area contributed by atoms with E-state index >= 15 is 0 Å². The zero-order valence-corrected chi connectivity index (χ0v) is 9.94. The second-order valence-electron chi connectivity index (χ2n) is 4.96. The molecule has 0 aromatic carbocycles. The van der Waals surface area contributed by atoms with Gasteiger partial charge in [-0.15, -0.1) is 0 Å². The number of nitrogens with one attached hydrogen (secondary N) is 1. The van der Waals surface area contributed by atoms with Gasteiger partial charge in [0.25, 0.3) is 0 Å². The van der Waals surface area contributed by atoms with Crippen molar-refractivity contribution in [2.24, 2.45) is 0 Å². The quantitative estimate of drug-likeness (QED) is 0.789. The third-order valence-corrected chi connectivity index (χ3v) is 3.63. The molecule has 1 aromatic heterocycles. The zero-order valence-electron chi connectivity index (χ0n) is 9.94. The highest BCUT2D eigenvalue weighted by atomic mass is 16.5. The van der Waals surface area contributed by atoms with Crippen LogP contribution in [0.25, 0.3) is 0 Å². The summed E-state index contributed by atoms with van der Waals surface area (Å²) >= 11 is 0. The largest absolute Gasteiger partial charge is 0.373 e. The highest BCUT2D eigenvalue weighted by Gasteiger charge is 2.33. The molecule has 3 unspecified atom stereocenters. The van der Waals surface area contributed by atoms with Crippen molar-refractivity contribution in [2.45, 2.75) is 51.4 Å². The van der Waals surface area contributed by atoms with Crippen molar-refractivity contribution in [1.82, 2.24) is 9.55 Å². The first kappa shape index (κ1) is 10.1. The third kappa shape index (κ3) is 1.61. The average molecular weight is 221 g/mol. The fourth-order valence-corrected chi connectivity index (χ4v) is 2.85. The average Bonchev–Trinajstić information content (AvgIpc) is 2.82. The molecule has 1 fully saturated rings. The lowest BCUT2D eigenvalue weighted by Crippen LogP contribution is -2.31. The van der Waals surface area contributed by atoms with Crippen molar-refractivity contribution in [2.75, 3.05) is 11.9 Å². The number of imidazole rings is 1. The molecular formula is C12H19N3O. The Kier molecular flexibility index (Phi) is 2.39. The number of anilines is 1. The van der Waals surface area contributed by atoms with Crippen LogP contribution in [0.1, 0.15) is 37.9 Å². The smallest absolute Gasteiger partial charge is 0.203 e. The molecule has 0 saturated carbocycles. The predicted octanol–water partition coefficient (Wildman–Crippen LogP) is 2.12. The molecule has 3 rings (SSSR count). The number of fused-ring (bicyclic) bond motifs is 1. The molecule has 1 N–H and O–H groups in total. The van der Waals surface area contributed by atoms with E-state index in [2.05, 4.69) is 28.0 Å². The normalized spacial score (nSPS) is 33.5. The summed E-state index contributed by atoms with van der Waals surface area (Å²) in [5.41, 5.74) is 1.08. The summed E-state index contributed by atoms with van der Waals surface area (Å²) in [7, 11) is 0. The second kappa shape index (κ2) is 3.77. The van der Waals surface area contributed by atoms with Gasteiger partial charge in [0.15, 0.2) is 0 Å². The van der Waals surface area contributed by atoms with Crippen LogP contribution >= 0.6 is 0 Å². The molecule has 4 heteroatoms. The Morgan fingerprint density at radius 2 is 2.31 bits per heavy atom. The third-order valence-electron chi connectivity index (χ3n) is 3.63. The van der Waals surface area contributed by atoms with Gasteiger partial charge in [-0.1, -0.05) is 0 Å². The molecule has 0 spiro atoms. The lowest BCUT2D eigenvalue weighted by atomic mass is 10.0. The highest BCUT2D eigenvalue weighted by molar-refractivity contribution is 5.32. The molecule has 0 bridgehead atoms. The minimum atomic E-state index is 0.379. The Morgan fingerprint density at radius 3 is 3.06 bits per heavy atom. The van der Waals surface area contributed by atoms with E-state index < -0.39 is 0 Å². The van der Waals surface area contributed by atoms with E-state index in [4.69, 9.17) is 4.74 Å². The number of ether oxygens (including phenoxy) is 1. The van der Waals surface area contributed by atoms with Gasteiger partial charge >= 0.3 is 0 Å². The lowest BCUT2D eigenvalue weighted by Gasteiger charge is -2.30. The van der Waals surface area contributed by atoms with Gasteiger partial charge in [0.05, 0.1) is 23.9 Å². The lowest BCUT2D eigenvalue weighted by molar-refractivity contribution is 0.0205. The standard InChI is InChI=1S/C12H19N3O/c1-8-7-15-10(5-6-13-12(15)14-8)11-4-3-9(2)16-11/h7,9-11H,3-6H2,1-2H3,(H,13,14). The topological polar surface area (TPSA) is 39.1 Å². The summed E-state index contributed by atoms with van der Waals surface area (Å²) in [5.74, 6) is 1.01. The second-order valence-corrected chi connectivity index (χ2v) is 4.96. The van der Waals surface area contributed by atoms with Crippen LogP contribution < -0.4 is 5.32 Å². The summed E-state index contributed by atoms with van der Waals surface area (Å²) in [6.45, 7) is 5.22. The molecule has 16 heavy (non-hydrogen) atoms. The number of aromatic nitrogens is 2.